The van der Waals surface area contributed by atoms with Gasteiger partial charge in [-0.15, -0.1) is 0 Å². The zero-order valence-electron chi connectivity index (χ0n) is 14.6. The monoisotopic (exact) mass is 518 g/mol. The molecule has 0 unspecified atom stereocenters. The Morgan fingerprint density at radius 3 is 1.22 bits per heavy atom. The second-order valence-corrected chi connectivity index (χ2v) is 5.65. The highest BCUT2D eigenvalue weighted by Gasteiger charge is 2.95. The molecule has 0 saturated heterocycles. The summed E-state index contributed by atoms with van der Waals surface area (Å²) < 4.78 is 224. The lowest BCUT2D eigenvalue weighted by molar-refractivity contribution is -0.459. The summed E-state index contributed by atoms with van der Waals surface area (Å²) in [6, 6.07) is 0. The molecule has 0 rings (SSSR count). The molecule has 0 aromatic carbocycles. The fraction of sp³-hybridized carbons (Fsp3) is 0.769. The van der Waals surface area contributed by atoms with Crippen molar-refractivity contribution in [1.82, 2.24) is 0 Å². The highest BCUT2D eigenvalue weighted by atomic mass is 19.4. The first-order valence-electron chi connectivity index (χ1n) is 7.28. The molecule has 0 saturated carbocycles. The quantitative estimate of drug-likeness (QED) is 0.209. The number of alkyl halides is 17. The summed E-state index contributed by atoms with van der Waals surface area (Å²) in [6.07, 6.45) is -10.2. The van der Waals surface area contributed by atoms with Crippen molar-refractivity contribution >= 4 is 5.97 Å². The number of allylic oxidation sites excluding steroid dienone is 1. The summed E-state index contributed by atoms with van der Waals surface area (Å²) in [6.45, 7) is 0.347. The third kappa shape index (κ3) is 4.17. The number of carbonyl (C=O) groups excluding carboxylic acids is 1. The van der Waals surface area contributed by atoms with E-state index in [1.165, 1.54) is 0 Å². The molecule has 0 radical (unpaired) electrons. The van der Waals surface area contributed by atoms with E-state index in [9.17, 15) is 79.4 Å². The molecule has 0 atom stereocenters. The molecule has 0 aliphatic heterocycles. The van der Waals surface area contributed by atoms with Gasteiger partial charge in [0.2, 0.25) is 0 Å². The third-order valence-corrected chi connectivity index (χ3v) is 3.46. The van der Waals surface area contributed by atoms with Gasteiger partial charge < -0.3 is 4.74 Å². The van der Waals surface area contributed by atoms with Crippen molar-refractivity contribution in [2.75, 3.05) is 6.61 Å². The van der Waals surface area contributed by atoms with Gasteiger partial charge in [0.25, 0.3) is 0 Å². The van der Waals surface area contributed by atoms with Gasteiger partial charge in [-0.25, -0.2) is 4.79 Å². The van der Waals surface area contributed by atoms with E-state index in [0.717, 1.165) is 6.92 Å². The van der Waals surface area contributed by atoms with Crippen LogP contribution in [-0.4, -0.2) is 60.2 Å². The van der Waals surface area contributed by atoms with Crippen LogP contribution in [0.3, 0.4) is 0 Å². The lowest BCUT2D eigenvalue weighted by atomic mass is 9.89. The molecule has 2 nitrogen and oxygen atoms in total. The lowest BCUT2D eigenvalue weighted by Gasteiger charge is -2.42. The van der Waals surface area contributed by atoms with Crippen molar-refractivity contribution in [2.45, 2.75) is 54.6 Å². The number of halogens is 17. The average molecular weight is 518 g/mol. The summed E-state index contributed by atoms with van der Waals surface area (Å²) in [4.78, 5) is 10.7. The number of carbonyl (C=O) groups is 1. The van der Waals surface area contributed by atoms with Crippen LogP contribution in [0.25, 0.3) is 0 Å². The minimum Gasteiger partial charge on any atom is -0.463 e. The third-order valence-electron chi connectivity index (χ3n) is 3.46. The van der Waals surface area contributed by atoms with Crippen molar-refractivity contribution in [3.8, 4) is 0 Å². The van der Waals surface area contributed by atoms with E-state index in [1.54, 1.807) is 0 Å². The van der Waals surface area contributed by atoms with Crippen LogP contribution in [0.1, 0.15) is 6.92 Å². The molecule has 0 amide bonds. The van der Waals surface area contributed by atoms with Crippen molar-refractivity contribution in [1.29, 1.82) is 0 Å². The SMILES string of the molecule is CCOC(=O)C=CC(F)(F)C(F)(F)C(F)(F)C(F)(F)C(F)(F)C(F)(F)C(F)(F)C(F)(F)F. The fourth-order valence-corrected chi connectivity index (χ4v) is 1.64. The first kappa shape index (κ1) is 30.0. The molecule has 0 aliphatic rings. The van der Waals surface area contributed by atoms with Crippen molar-refractivity contribution in [3.63, 3.8) is 0 Å². The largest absolute Gasteiger partial charge is 0.463 e. The Morgan fingerprint density at radius 1 is 0.594 bits per heavy atom. The summed E-state index contributed by atoms with van der Waals surface area (Å²) in [7, 11) is 0. The first-order chi connectivity index (χ1) is 13.7. The molecule has 0 aromatic heterocycles. The first-order valence-corrected chi connectivity index (χ1v) is 7.28. The molecule has 190 valence electrons. The molecular formula is C13H7F17O2. The maximum atomic E-state index is 13.4. The van der Waals surface area contributed by atoms with Gasteiger partial charge in [0.15, 0.2) is 0 Å². The topological polar surface area (TPSA) is 26.3 Å². The molecule has 0 aliphatic carbocycles. The van der Waals surface area contributed by atoms with Crippen molar-refractivity contribution in [3.05, 3.63) is 12.2 Å². The van der Waals surface area contributed by atoms with E-state index in [2.05, 4.69) is 4.74 Å². The highest BCUT2D eigenvalue weighted by molar-refractivity contribution is 5.82. The van der Waals surface area contributed by atoms with Gasteiger partial charge in [-0.2, -0.15) is 74.6 Å². The molecule has 0 aromatic rings. The number of esters is 1. The molecule has 32 heavy (non-hydrogen) atoms. The Morgan fingerprint density at radius 2 is 0.906 bits per heavy atom. The van der Waals surface area contributed by atoms with E-state index in [1.807, 2.05) is 0 Å². The Labute approximate surface area is 165 Å². The molecule has 0 bridgehead atoms. The van der Waals surface area contributed by atoms with Gasteiger partial charge in [0.05, 0.1) is 6.61 Å². The predicted molar refractivity (Wildman–Crippen MR) is 66.5 cm³/mol. The van der Waals surface area contributed by atoms with Gasteiger partial charge in [0, 0.05) is 6.08 Å². The van der Waals surface area contributed by atoms with E-state index >= 15 is 0 Å². The number of ether oxygens (including phenoxy) is 1. The Balaban J connectivity index is 6.62. The standard InChI is InChI=1S/C13H7F17O2/c1-2-32-5(31)3-4-6(14,15)7(16,17)8(18,19)9(20,21)10(22,23)11(24,25)12(26,27)13(28,29)30/h3-4H,2H2,1H3. The molecule has 19 heteroatoms. The fourth-order valence-electron chi connectivity index (χ4n) is 1.64. The Hall–Kier alpha value is -1.98. The van der Waals surface area contributed by atoms with E-state index < -0.39 is 72.4 Å². The van der Waals surface area contributed by atoms with Crippen LogP contribution in [0, 0.1) is 0 Å². The Kier molecular flexibility index (Phi) is 7.60. The second kappa shape index (κ2) is 8.11. The summed E-state index contributed by atoms with van der Waals surface area (Å²) in [5.74, 6) is -59.1. The van der Waals surface area contributed by atoms with Gasteiger partial charge in [-0.1, -0.05) is 0 Å². The van der Waals surface area contributed by atoms with Crippen LogP contribution in [0.2, 0.25) is 0 Å². The van der Waals surface area contributed by atoms with Crippen LogP contribution in [-0.2, 0) is 9.53 Å². The van der Waals surface area contributed by atoms with Crippen molar-refractivity contribution in [2.24, 2.45) is 0 Å². The normalized spacial score (nSPS) is 15.9. The lowest BCUT2D eigenvalue weighted by Crippen LogP contribution is -2.74. The maximum absolute atomic E-state index is 13.4. The highest BCUT2D eigenvalue weighted by Crippen LogP contribution is 2.64. The average Bonchev–Trinajstić information content (AvgIpc) is 2.58. The van der Waals surface area contributed by atoms with E-state index in [0.29, 0.717) is 0 Å². The number of hydrogen-bond donors (Lipinski definition) is 0. The smallest absolute Gasteiger partial charge is 0.460 e. The minimum absolute atomic E-state index is 0.645. The van der Waals surface area contributed by atoms with Gasteiger partial charge in [0.1, 0.15) is 0 Å². The van der Waals surface area contributed by atoms with Crippen LogP contribution in [0.4, 0.5) is 74.6 Å². The zero-order chi connectivity index (χ0) is 26.4. The summed E-state index contributed by atoms with van der Waals surface area (Å²) in [5, 5.41) is 0. The van der Waals surface area contributed by atoms with Crippen LogP contribution >= 0.6 is 0 Å². The van der Waals surface area contributed by atoms with E-state index in [-0.39, 0.29) is 0 Å². The molecule has 0 fully saturated rings. The second-order valence-electron chi connectivity index (χ2n) is 5.65. The molecule has 0 heterocycles. The van der Waals surface area contributed by atoms with Crippen LogP contribution in [0.15, 0.2) is 12.2 Å². The summed E-state index contributed by atoms with van der Waals surface area (Å²) in [5.41, 5.74) is 0. The minimum atomic E-state index is -8.69. The van der Waals surface area contributed by atoms with Crippen molar-refractivity contribution < 1.29 is 84.2 Å². The van der Waals surface area contributed by atoms with Gasteiger partial charge >= 0.3 is 53.6 Å². The maximum Gasteiger partial charge on any atom is 0.460 e. The number of rotatable bonds is 9. The number of hydrogen-bond acceptors (Lipinski definition) is 2. The zero-order valence-corrected chi connectivity index (χ0v) is 14.6. The van der Waals surface area contributed by atoms with Crippen LogP contribution < -0.4 is 0 Å². The molecule has 0 N–H and O–H groups in total. The van der Waals surface area contributed by atoms with Gasteiger partial charge in [-0.05, 0) is 13.0 Å². The van der Waals surface area contributed by atoms with Crippen LogP contribution in [0.5, 0.6) is 0 Å². The molecule has 0 spiro atoms. The van der Waals surface area contributed by atoms with E-state index in [4.69, 9.17) is 0 Å². The molecular weight excluding hydrogens is 511 g/mol. The predicted octanol–water partition coefficient (Wildman–Crippen LogP) is 6.12. The summed E-state index contributed by atoms with van der Waals surface area (Å²) >= 11 is 0. The Bertz CT molecular complexity index is 718. The van der Waals surface area contributed by atoms with Gasteiger partial charge in [-0.3, -0.25) is 0 Å².